The summed E-state index contributed by atoms with van der Waals surface area (Å²) in [6.07, 6.45) is 7.88. The molecule has 172 valence electrons. The van der Waals surface area contributed by atoms with Crippen molar-refractivity contribution in [2.45, 2.75) is 38.5 Å². The Bertz CT molecular complexity index is 1140. The van der Waals surface area contributed by atoms with E-state index >= 15 is 0 Å². The lowest BCUT2D eigenvalue weighted by Crippen LogP contribution is -2.27. The first-order valence-electron chi connectivity index (χ1n) is 11.7. The summed E-state index contributed by atoms with van der Waals surface area (Å²) in [7, 11) is 1.63. The number of anilines is 1. The number of aryl methyl sites for hydroxylation is 1. The minimum Gasteiger partial charge on any atom is -0.486 e. The number of rotatable bonds is 6. The largest absolute Gasteiger partial charge is 0.486 e. The van der Waals surface area contributed by atoms with Crippen molar-refractivity contribution in [3.8, 4) is 17.4 Å². The van der Waals surface area contributed by atoms with E-state index in [1.54, 1.807) is 7.11 Å². The molecule has 5 rings (SSSR count). The molecule has 3 aromatic rings. The quantitative estimate of drug-likeness (QED) is 0.585. The molecule has 1 aliphatic carbocycles. The summed E-state index contributed by atoms with van der Waals surface area (Å²) in [6.45, 7) is 1.09. The van der Waals surface area contributed by atoms with Gasteiger partial charge in [-0.3, -0.25) is 9.78 Å². The minimum atomic E-state index is 0.0575. The van der Waals surface area contributed by atoms with E-state index in [0.717, 1.165) is 61.0 Å². The number of pyridine rings is 2. The van der Waals surface area contributed by atoms with E-state index in [4.69, 9.17) is 14.2 Å². The molecule has 1 fully saturated rings. The second-order valence-electron chi connectivity index (χ2n) is 8.80. The summed E-state index contributed by atoms with van der Waals surface area (Å²) in [5, 5.41) is 3.06. The van der Waals surface area contributed by atoms with Crippen LogP contribution in [0.3, 0.4) is 0 Å². The van der Waals surface area contributed by atoms with Crippen LogP contribution in [-0.2, 0) is 11.2 Å². The first-order chi connectivity index (χ1) is 16.2. The maximum absolute atomic E-state index is 12.8. The summed E-state index contributed by atoms with van der Waals surface area (Å²) in [5.41, 5.74) is 3.79. The van der Waals surface area contributed by atoms with Gasteiger partial charge in [-0.15, -0.1) is 0 Å². The van der Waals surface area contributed by atoms with Gasteiger partial charge >= 0.3 is 0 Å². The Morgan fingerprint density at radius 3 is 2.70 bits per heavy atom. The summed E-state index contributed by atoms with van der Waals surface area (Å²) >= 11 is 0. The van der Waals surface area contributed by atoms with Crippen molar-refractivity contribution in [3.05, 3.63) is 48.2 Å². The number of ether oxygens (including phenoxy) is 3. The number of aromatic nitrogens is 2. The molecule has 33 heavy (non-hydrogen) atoms. The third-order valence-electron chi connectivity index (χ3n) is 6.70. The SMILES string of the molecule is COc1ccc2nccc(CCC3CCC(C(=O)Nc4ccc5c(c4)OCCO5)CC3)c2n1. The van der Waals surface area contributed by atoms with Crippen molar-refractivity contribution < 1.29 is 19.0 Å². The van der Waals surface area contributed by atoms with E-state index in [1.807, 2.05) is 36.5 Å². The standard InChI is InChI=1S/C26H29N3O4/c1-31-24-11-9-21-25(29-24)18(12-13-27-21)5-2-17-3-6-19(7-4-17)26(30)28-20-8-10-22-23(16-20)33-15-14-32-22/h8-13,16-17,19H,2-7,14-15H2,1H3,(H,28,30). The third kappa shape index (κ3) is 4.87. The van der Waals surface area contributed by atoms with Crippen molar-refractivity contribution in [3.63, 3.8) is 0 Å². The number of fused-ring (bicyclic) bond motifs is 2. The van der Waals surface area contributed by atoms with Crippen molar-refractivity contribution in [1.82, 2.24) is 9.97 Å². The van der Waals surface area contributed by atoms with Gasteiger partial charge in [0.2, 0.25) is 11.8 Å². The molecule has 0 spiro atoms. The number of nitrogens with zero attached hydrogens (tertiary/aromatic N) is 2. The fourth-order valence-corrected chi connectivity index (χ4v) is 4.81. The third-order valence-corrected chi connectivity index (χ3v) is 6.70. The molecular weight excluding hydrogens is 418 g/mol. The minimum absolute atomic E-state index is 0.0575. The lowest BCUT2D eigenvalue weighted by Gasteiger charge is -2.28. The Labute approximate surface area is 193 Å². The van der Waals surface area contributed by atoms with Crippen molar-refractivity contribution >= 4 is 22.6 Å². The average Bonchev–Trinajstić information content (AvgIpc) is 2.87. The molecular formula is C26H29N3O4. The number of carbonyl (C=O) groups excluding carboxylic acids is 1. The first kappa shape index (κ1) is 21.5. The van der Waals surface area contributed by atoms with Crippen LogP contribution in [0.15, 0.2) is 42.6 Å². The van der Waals surface area contributed by atoms with E-state index < -0.39 is 0 Å². The van der Waals surface area contributed by atoms with E-state index in [9.17, 15) is 4.79 Å². The van der Waals surface area contributed by atoms with E-state index in [-0.39, 0.29) is 11.8 Å². The molecule has 0 bridgehead atoms. The fourth-order valence-electron chi connectivity index (χ4n) is 4.81. The number of benzene rings is 1. The van der Waals surface area contributed by atoms with Gasteiger partial charge in [-0.25, -0.2) is 4.98 Å². The van der Waals surface area contributed by atoms with Gasteiger partial charge in [-0.05, 0) is 74.3 Å². The van der Waals surface area contributed by atoms with E-state index in [0.29, 0.717) is 30.8 Å². The van der Waals surface area contributed by atoms with Gasteiger partial charge < -0.3 is 19.5 Å². The fraction of sp³-hybridized carbons (Fsp3) is 0.423. The van der Waals surface area contributed by atoms with Gasteiger partial charge in [-0.2, -0.15) is 0 Å². The van der Waals surface area contributed by atoms with Gasteiger partial charge in [0.05, 0.1) is 18.1 Å². The van der Waals surface area contributed by atoms with Gasteiger partial charge in [0.15, 0.2) is 11.5 Å². The molecule has 7 heteroatoms. The second kappa shape index (κ2) is 9.65. The highest BCUT2D eigenvalue weighted by atomic mass is 16.6. The van der Waals surface area contributed by atoms with Gasteiger partial charge in [0.1, 0.15) is 13.2 Å². The molecule has 1 aliphatic heterocycles. The monoisotopic (exact) mass is 447 g/mol. The predicted octanol–water partition coefficient (Wildman–Crippen LogP) is 4.79. The number of nitrogens with one attached hydrogen (secondary N) is 1. The number of methoxy groups -OCH3 is 1. The van der Waals surface area contributed by atoms with Crippen molar-refractivity contribution in [1.29, 1.82) is 0 Å². The summed E-state index contributed by atoms with van der Waals surface area (Å²) in [5.74, 6) is 2.82. The van der Waals surface area contributed by atoms with Crippen molar-refractivity contribution in [2.75, 3.05) is 25.6 Å². The Morgan fingerprint density at radius 1 is 1.06 bits per heavy atom. The molecule has 1 saturated carbocycles. The molecule has 2 aromatic heterocycles. The lowest BCUT2D eigenvalue weighted by atomic mass is 9.79. The van der Waals surface area contributed by atoms with Crippen LogP contribution in [0.2, 0.25) is 0 Å². The van der Waals surface area contributed by atoms with E-state index in [2.05, 4.69) is 21.4 Å². The molecule has 1 N–H and O–H groups in total. The normalized spacial score (nSPS) is 19.8. The van der Waals surface area contributed by atoms with Crippen LogP contribution in [0, 0.1) is 11.8 Å². The Morgan fingerprint density at radius 2 is 1.88 bits per heavy atom. The van der Waals surface area contributed by atoms with Crippen LogP contribution in [-0.4, -0.2) is 36.2 Å². The van der Waals surface area contributed by atoms with E-state index in [1.165, 1.54) is 5.56 Å². The maximum Gasteiger partial charge on any atom is 0.227 e. The Hall–Kier alpha value is -3.35. The van der Waals surface area contributed by atoms with Crippen LogP contribution < -0.4 is 19.5 Å². The average molecular weight is 448 g/mol. The first-order valence-corrected chi connectivity index (χ1v) is 11.7. The number of amides is 1. The molecule has 3 heterocycles. The number of hydrogen-bond donors (Lipinski definition) is 1. The van der Waals surface area contributed by atoms with Crippen LogP contribution in [0.25, 0.3) is 11.0 Å². The highest BCUT2D eigenvalue weighted by Gasteiger charge is 2.26. The Kier molecular flexibility index (Phi) is 6.28. The second-order valence-corrected chi connectivity index (χ2v) is 8.80. The van der Waals surface area contributed by atoms with Gasteiger partial charge in [0, 0.05) is 29.9 Å². The van der Waals surface area contributed by atoms with Crippen molar-refractivity contribution in [2.24, 2.45) is 11.8 Å². The molecule has 0 unspecified atom stereocenters. The molecule has 0 radical (unpaired) electrons. The molecule has 2 aliphatic rings. The lowest BCUT2D eigenvalue weighted by molar-refractivity contribution is -0.121. The summed E-state index contributed by atoms with van der Waals surface area (Å²) in [6, 6.07) is 11.4. The zero-order valence-corrected chi connectivity index (χ0v) is 18.9. The van der Waals surface area contributed by atoms with Gasteiger partial charge in [0.25, 0.3) is 0 Å². The van der Waals surface area contributed by atoms with Gasteiger partial charge in [-0.1, -0.05) is 0 Å². The predicted molar refractivity (Wildman–Crippen MR) is 126 cm³/mol. The molecule has 1 aromatic carbocycles. The summed E-state index contributed by atoms with van der Waals surface area (Å²) < 4.78 is 16.5. The zero-order valence-electron chi connectivity index (χ0n) is 18.9. The topological polar surface area (TPSA) is 82.6 Å². The van der Waals surface area contributed by atoms with Crippen LogP contribution in [0.4, 0.5) is 5.69 Å². The Balaban J connectivity index is 1.14. The maximum atomic E-state index is 12.8. The highest BCUT2D eigenvalue weighted by molar-refractivity contribution is 5.93. The number of hydrogen-bond acceptors (Lipinski definition) is 6. The van der Waals surface area contributed by atoms with Crippen LogP contribution in [0.1, 0.15) is 37.7 Å². The van der Waals surface area contributed by atoms with Crippen LogP contribution in [0.5, 0.6) is 17.4 Å². The molecule has 0 atom stereocenters. The van der Waals surface area contributed by atoms with Crippen LogP contribution >= 0.6 is 0 Å². The molecule has 1 amide bonds. The molecule has 0 saturated heterocycles. The zero-order chi connectivity index (χ0) is 22.6. The number of carbonyl (C=O) groups is 1. The smallest absolute Gasteiger partial charge is 0.227 e. The highest BCUT2D eigenvalue weighted by Crippen LogP contribution is 2.35. The molecule has 7 nitrogen and oxygen atoms in total. The summed E-state index contributed by atoms with van der Waals surface area (Å²) in [4.78, 5) is 21.8.